The molecule has 172 valence electrons. The summed E-state index contributed by atoms with van der Waals surface area (Å²) >= 11 is 0. The number of rotatable bonds is 6. The summed E-state index contributed by atoms with van der Waals surface area (Å²) in [5, 5.41) is 3.80. The molecule has 1 aliphatic heterocycles. The number of nitrogens with zero attached hydrogens (tertiary/aromatic N) is 3. The first-order valence-electron chi connectivity index (χ1n) is 11.7. The van der Waals surface area contributed by atoms with Crippen LogP contribution in [0, 0.1) is 0 Å². The molecule has 0 bridgehead atoms. The number of aromatic nitrogens is 2. The molecular formula is C28H27FN4O. The highest BCUT2D eigenvalue weighted by Gasteiger charge is 2.16. The van der Waals surface area contributed by atoms with Crippen molar-refractivity contribution >= 4 is 22.6 Å². The zero-order valence-corrected chi connectivity index (χ0v) is 19.2. The Labute approximate surface area is 198 Å². The van der Waals surface area contributed by atoms with Gasteiger partial charge in [-0.3, -0.25) is 9.69 Å². The molecule has 2 aromatic heterocycles. The maximum absolute atomic E-state index is 13.8. The van der Waals surface area contributed by atoms with Gasteiger partial charge in [0.05, 0.1) is 22.5 Å². The Bertz CT molecular complexity index is 1330. The van der Waals surface area contributed by atoms with E-state index in [9.17, 15) is 9.18 Å². The van der Waals surface area contributed by atoms with Crippen LogP contribution in [-0.4, -0.2) is 33.9 Å². The molecule has 1 saturated heterocycles. The number of alkyl halides is 1. The van der Waals surface area contributed by atoms with Crippen LogP contribution < -0.4 is 5.32 Å². The van der Waals surface area contributed by atoms with Gasteiger partial charge in [-0.1, -0.05) is 42.5 Å². The average Bonchev–Trinajstić information content (AvgIpc) is 3.36. The fourth-order valence-electron chi connectivity index (χ4n) is 4.43. The largest absolute Gasteiger partial charge is 0.306 e. The summed E-state index contributed by atoms with van der Waals surface area (Å²) in [4.78, 5) is 25.0. The lowest BCUT2D eigenvalue weighted by atomic mass is 10.0. The minimum Gasteiger partial charge on any atom is -0.306 e. The molecule has 1 N–H and O–H groups in total. The first kappa shape index (κ1) is 22.2. The van der Waals surface area contributed by atoms with Gasteiger partial charge in [-0.15, -0.1) is 0 Å². The Balaban J connectivity index is 1.42. The minimum absolute atomic E-state index is 0.257. The molecule has 34 heavy (non-hydrogen) atoms. The Kier molecular flexibility index (Phi) is 6.32. The fourth-order valence-corrected chi connectivity index (χ4v) is 4.43. The van der Waals surface area contributed by atoms with Crippen molar-refractivity contribution in [3.05, 3.63) is 89.6 Å². The smallest absolute Gasteiger partial charge is 0.259 e. The number of fused-ring (bicyclic) bond motifs is 1. The number of carbonyl (C=O) groups is 1. The third kappa shape index (κ3) is 4.82. The number of pyridine rings is 2. The Hall–Kier alpha value is -3.64. The number of benzene rings is 2. The van der Waals surface area contributed by atoms with Gasteiger partial charge in [0, 0.05) is 17.5 Å². The van der Waals surface area contributed by atoms with E-state index in [1.807, 2.05) is 48.5 Å². The fraction of sp³-hybridized carbons (Fsp3) is 0.250. The van der Waals surface area contributed by atoms with E-state index < -0.39 is 6.17 Å². The molecule has 0 spiro atoms. The molecule has 1 amide bonds. The van der Waals surface area contributed by atoms with Crippen molar-refractivity contribution in [2.75, 3.05) is 18.4 Å². The van der Waals surface area contributed by atoms with Crippen molar-refractivity contribution in [3.63, 3.8) is 0 Å². The second kappa shape index (κ2) is 9.69. The van der Waals surface area contributed by atoms with Crippen LogP contribution in [0.25, 0.3) is 22.2 Å². The maximum Gasteiger partial charge on any atom is 0.259 e. The number of anilines is 1. The van der Waals surface area contributed by atoms with E-state index in [2.05, 4.69) is 15.2 Å². The zero-order chi connectivity index (χ0) is 23.5. The van der Waals surface area contributed by atoms with Gasteiger partial charge in [0.15, 0.2) is 0 Å². The molecule has 2 aromatic carbocycles. The minimum atomic E-state index is -1.06. The summed E-state index contributed by atoms with van der Waals surface area (Å²) < 4.78 is 13.8. The van der Waals surface area contributed by atoms with Crippen LogP contribution in [0.5, 0.6) is 0 Å². The van der Waals surface area contributed by atoms with Crippen LogP contribution >= 0.6 is 0 Å². The van der Waals surface area contributed by atoms with Crippen molar-refractivity contribution in [1.82, 2.24) is 14.9 Å². The molecule has 1 aliphatic rings. The van der Waals surface area contributed by atoms with Crippen molar-refractivity contribution in [1.29, 1.82) is 0 Å². The second-order valence-electron chi connectivity index (χ2n) is 8.77. The highest BCUT2D eigenvalue weighted by Crippen LogP contribution is 2.27. The maximum atomic E-state index is 13.8. The van der Waals surface area contributed by atoms with Gasteiger partial charge in [0.1, 0.15) is 12.0 Å². The number of amides is 1. The predicted octanol–water partition coefficient (Wildman–Crippen LogP) is 6.18. The highest BCUT2D eigenvalue weighted by molar-refractivity contribution is 6.11. The number of carbonyl (C=O) groups excluding carboxylic acids is 1. The van der Waals surface area contributed by atoms with Crippen LogP contribution in [0.2, 0.25) is 0 Å². The van der Waals surface area contributed by atoms with Crippen LogP contribution in [0.15, 0.2) is 72.8 Å². The van der Waals surface area contributed by atoms with Gasteiger partial charge in [-0.2, -0.15) is 0 Å². The van der Waals surface area contributed by atoms with E-state index in [1.165, 1.54) is 19.8 Å². The van der Waals surface area contributed by atoms with Crippen molar-refractivity contribution in [2.24, 2.45) is 0 Å². The second-order valence-corrected chi connectivity index (χ2v) is 8.77. The summed E-state index contributed by atoms with van der Waals surface area (Å²) in [6.45, 7) is 4.49. The third-order valence-electron chi connectivity index (χ3n) is 6.24. The van der Waals surface area contributed by atoms with E-state index in [0.29, 0.717) is 28.2 Å². The van der Waals surface area contributed by atoms with E-state index >= 15 is 0 Å². The zero-order valence-electron chi connectivity index (χ0n) is 19.2. The van der Waals surface area contributed by atoms with Gasteiger partial charge in [-0.05, 0) is 68.8 Å². The SMILES string of the molecule is CC(F)c1cccc(-c2ccc3cccc(C(=O)Nc4cccc(CN5CCCC5)n4)c3n2)c1. The lowest BCUT2D eigenvalue weighted by Gasteiger charge is -2.14. The molecule has 5 nitrogen and oxygen atoms in total. The highest BCUT2D eigenvalue weighted by atomic mass is 19.1. The summed E-state index contributed by atoms with van der Waals surface area (Å²) in [6, 6.07) is 22.4. The molecule has 0 saturated carbocycles. The molecule has 6 heteroatoms. The molecule has 1 unspecified atom stereocenters. The monoisotopic (exact) mass is 454 g/mol. The van der Waals surface area contributed by atoms with Crippen molar-refractivity contribution in [2.45, 2.75) is 32.5 Å². The summed E-state index contributed by atoms with van der Waals surface area (Å²) in [7, 11) is 0. The van der Waals surface area contributed by atoms with Crippen LogP contribution in [-0.2, 0) is 6.54 Å². The summed E-state index contributed by atoms with van der Waals surface area (Å²) in [5.74, 6) is 0.270. The van der Waals surface area contributed by atoms with Gasteiger partial charge < -0.3 is 5.32 Å². The van der Waals surface area contributed by atoms with Crippen LogP contribution in [0.4, 0.5) is 10.2 Å². The average molecular weight is 455 g/mol. The number of hydrogen-bond donors (Lipinski definition) is 1. The predicted molar refractivity (Wildman–Crippen MR) is 133 cm³/mol. The third-order valence-corrected chi connectivity index (χ3v) is 6.24. The van der Waals surface area contributed by atoms with Crippen molar-refractivity contribution < 1.29 is 9.18 Å². The first-order valence-corrected chi connectivity index (χ1v) is 11.7. The summed E-state index contributed by atoms with van der Waals surface area (Å²) in [5.41, 5.74) is 4.13. The molecule has 0 radical (unpaired) electrons. The van der Waals surface area contributed by atoms with Gasteiger partial charge in [0.2, 0.25) is 0 Å². The van der Waals surface area contributed by atoms with E-state index in [-0.39, 0.29) is 5.91 Å². The van der Waals surface area contributed by atoms with Crippen LogP contribution in [0.3, 0.4) is 0 Å². The first-order chi connectivity index (χ1) is 16.6. The van der Waals surface area contributed by atoms with Gasteiger partial charge in [-0.25, -0.2) is 14.4 Å². The number of halogens is 1. The molecule has 3 heterocycles. The van der Waals surface area contributed by atoms with E-state index in [4.69, 9.17) is 4.98 Å². The topological polar surface area (TPSA) is 58.1 Å². The molecule has 5 rings (SSSR count). The number of para-hydroxylation sites is 1. The number of likely N-dealkylation sites (tertiary alicyclic amines) is 1. The normalized spacial score (nSPS) is 14.9. The van der Waals surface area contributed by atoms with E-state index in [0.717, 1.165) is 36.3 Å². The number of hydrogen-bond acceptors (Lipinski definition) is 4. The van der Waals surface area contributed by atoms with Crippen molar-refractivity contribution in [3.8, 4) is 11.3 Å². The molecule has 1 fully saturated rings. The van der Waals surface area contributed by atoms with E-state index in [1.54, 1.807) is 24.3 Å². The molecular weight excluding hydrogens is 427 g/mol. The Morgan fingerprint density at radius 2 is 1.79 bits per heavy atom. The quantitative estimate of drug-likeness (QED) is 0.378. The van der Waals surface area contributed by atoms with Gasteiger partial charge in [0.25, 0.3) is 5.91 Å². The summed E-state index contributed by atoms with van der Waals surface area (Å²) in [6.07, 6.45) is 1.39. The van der Waals surface area contributed by atoms with Crippen LogP contribution in [0.1, 0.15) is 47.6 Å². The molecule has 0 aliphatic carbocycles. The molecule has 4 aromatic rings. The standard InChI is InChI=1S/C28H27FN4O/c1-19(29)21-8-4-9-22(17-21)25-14-13-20-7-5-11-24(27(20)31-25)28(34)32-26-12-6-10-23(30-26)18-33-15-2-3-16-33/h4-14,17,19H,2-3,15-16,18H2,1H3,(H,30,32,34). The Morgan fingerprint density at radius 1 is 1.00 bits per heavy atom. The Morgan fingerprint density at radius 3 is 2.62 bits per heavy atom. The molecule has 1 atom stereocenters. The lowest BCUT2D eigenvalue weighted by molar-refractivity contribution is 0.102. The lowest BCUT2D eigenvalue weighted by Crippen LogP contribution is -2.20. The number of nitrogens with one attached hydrogen (secondary N) is 1. The van der Waals surface area contributed by atoms with Gasteiger partial charge >= 0.3 is 0 Å².